The molecule has 110 valence electrons. The molecule has 7 heteroatoms. The standard InChI is InChI=1S/C14H11F2OPS3/c1-2-17-18(19,20-13-7-3-11(15)4-8-13)21-14-9-5-12(16)6-10-14/h2-10H,1H2. The number of hydrogen-bond acceptors (Lipinski definition) is 4. The number of benzene rings is 2. The zero-order valence-electron chi connectivity index (χ0n) is 10.7. The van der Waals surface area contributed by atoms with Crippen molar-refractivity contribution in [3.63, 3.8) is 0 Å². The lowest BCUT2D eigenvalue weighted by Gasteiger charge is -2.19. The van der Waals surface area contributed by atoms with E-state index in [2.05, 4.69) is 6.58 Å². The van der Waals surface area contributed by atoms with E-state index >= 15 is 0 Å². The van der Waals surface area contributed by atoms with Crippen LogP contribution in [0.1, 0.15) is 0 Å². The first-order valence-electron chi connectivity index (χ1n) is 5.80. The highest BCUT2D eigenvalue weighted by molar-refractivity contribution is 8.99. The van der Waals surface area contributed by atoms with Crippen LogP contribution < -0.4 is 0 Å². The molecule has 2 aromatic carbocycles. The van der Waals surface area contributed by atoms with Crippen LogP contribution in [0.25, 0.3) is 0 Å². The van der Waals surface area contributed by atoms with Gasteiger partial charge in [0.05, 0.1) is 6.26 Å². The highest BCUT2D eigenvalue weighted by Crippen LogP contribution is 2.74. The molecule has 0 aliphatic heterocycles. The first-order chi connectivity index (χ1) is 10.0. The number of hydrogen-bond donors (Lipinski definition) is 0. The molecule has 0 aromatic heterocycles. The lowest BCUT2D eigenvalue weighted by molar-refractivity contribution is 0.559. The number of rotatable bonds is 6. The fourth-order valence-electron chi connectivity index (χ4n) is 1.40. The third-order valence-electron chi connectivity index (χ3n) is 2.27. The first-order valence-corrected chi connectivity index (χ1v) is 11.4. The average molecular weight is 360 g/mol. The highest BCUT2D eigenvalue weighted by Gasteiger charge is 2.22. The maximum Gasteiger partial charge on any atom is 0.230 e. The van der Waals surface area contributed by atoms with Crippen molar-refractivity contribution in [3.8, 4) is 0 Å². The van der Waals surface area contributed by atoms with E-state index in [0.717, 1.165) is 9.79 Å². The Hall–Kier alpha value is -0.810. The van der Waals surface area contributed by atoms with E-state index in [1.807, 2.05) is 0 Å². The van der Waals surface area contributed by atoms with Crippen molar-refractivity contribution in [1.29, 1.82) is 0 Å². The maximum absolute atomic E-state index is 12.9. The molecule has 21 heavy (non-hydrogen) atoms. The Morgan fingerprint density at radius 1 is 0.905 bits per heavy atom. The average Bonchev–Trinajstić information content (AvgIpc) is 2.44. The Morgan fingerprint density at radius 3 is 1.62 bits per heavy atom. The fourth-order valence-corrected chi connectivity index (χ4v) is 9.37. The SMILES string of the molecule is C=COP(=S)(Sc1ccc(F)cc1)Sc1ccc(F)cc1. The summed E-state index contributed by atoms with van der Waals surface area (Å²) in [5.74, 6) is -0.605. The third-order valence-corrected chi connectivity index (χ3v) is 10.2. The summed E-state index contributed by atoms with van der Waals surface area (Å²) in [6.07, 6.45) is 1.31. The van der Waals surface area contributed by atoms with E-state index in [4.69, 9.17) is 16.3 Å². The molecule has 0 aliphatic carbocycles. The summed E-state index contributed by atoms with van der Waals surface area (Å²) in [4.78, 5) is 1.63. The van der Waals surface area contributed by atoms with Crippen molar-refractivity contribution in [2.24, 2.45) is 0 Å². The zero-order chi connectivity index (χ0) is 15.3. The molecule has 2 aromatic rings. The molecule has 0 amide bonds. The summed E-state index contributed by atoms with van der Waals surface area (Å²) in [5.41, 5.74) is 0. The molecule has 0 saturated heterocycles. The molecule has 0 fully saturated rings. The van der Waals surface area contributed by atoms with Crippen LogP contribution in [0.4, 0.5) is 8.78 Å². The normalized spacial score (nSPS) is 11.1. The van der Waals surface area contributed by atoms with Gasteiger partial charge in [-0.3, -0.25) is 0 Å². The van der Waals surface area contributed by atoms with E-state index in [9.17, 15) is 8.78 Å². The Kier molecular flexibility index (Phi) is 5.88. The van der Waals surface area contributed by atoms with E-state index in [1.165, 1.54) is 53.3 Å². The van der Waals surface area contributed by atoms with Crippen molar-refractivity contribution in [2.75, 3.05) is 0 Å². The molecule has 2 rings (SSSR count). The molecule has 0 aliphatic rings. The summed E-state index contributed by atoms with van der Waals surface area (Å²) >= 11 is 8.30. The van der Waals surface area contributed by atoms with Gasteiger partial charge in [-0.1, -0.05) is 6.58 Å². The Morgan fingerprint density at radius 2 is 1.29 bits per heavy atom. The zero-order valence-corrected chi connectivity index (χ0v) is 14.1. The summed E-state index contributed by atoms with van der Waals surface area (Å²) in [6, 6.07) is 12.1. The molecule has 0 heterocycles. The minimum Gasteiger partial charge on any atom is -0.456 e. The van der Waals surface area contributed by atoms with Crippen LogP contribution >= 0.6 is 27.4 Å². The van der Waals surface area contributed by atoms with Gasteiger partial charge in [-0.25, -0.2) is 8.78 Å². The van der Waals surface area contributed by atoms with Crippen molar-refractivity contribution in [2.45, 2.75) is 9.79 Å². The predicted molar refractivity (Wildman–Crippen MR) is 90.1 cm³/mol. The quantitative estimate of drug-likeness (QED) is 0.445. The van der Waals surface area contributed by atoms with Crippen LogP contribution in [0.5, 0.6) is 0 Å². The van der Waals surface area contributed by atoms with E-state index in [1.54, 1.807) is 24.3 Å². The van der Waals surface area contributed by atoms with E-state index < -0.39 is 4.67 Å². The second-order valence-corrected chi connectivity index (χ2v) is 14.0. The lowest BCUT2D eigenvalue weighted by atomic mass is 10.4. The molecular formula is C14H11F2OPS3. The summed E-state index contributed by atoms with van der Waals surface area (Å²) in [5, 5.41) is 0. The van der Waals surface area contributed by atoms with Crippen LogP contribution in [0.3, 0.4) is 0 Å². The van der Waals surface area contributed by atoms with Gasteiger partial charge in [0.25, 0.3) is 0 Å². The van der Waals surface area contributed by atoms with Crippen molar-refractivity contribution < 1.29 is 13.3 Å². The topological polar surface area (TPSA) is 9.23 Å². The third kappa shape index (κ3) is 5.15. The van der Waals surface area contributed by atoms with Gasteiger partial charge in [0.1, 0.15) is 11.6 Å². The van der Waals surface area contributed by atoms with Gasteiger partial charge < -0.3 is 4.52 Å². The molecular weight excluding hydrogens is 349 g/mol. The molecule has 0 spiro atoms. The maximum atomic E-state index is 12.9. The van der Waals surface area contributed by atoms with Crippen molar-refractivity contribution in [3.05, 3.63) is 73.0 Å². The Labute approximate surface area is 135 Å². The summed E-state index contributed by atoms with van der Waals surface area (Å²) in [6.45, 7) is 3.55. The van der Waals surface area contributed by atoms with E-state index in [-0.39, 0.29) is 11.6 Å². The van der Waals surface area contributed by atoms with Gasteiger partial charge in [-0.05, 0) is 83.1 Å². The Bertz CT molecular complexity index is 607. The molecule has 0 unspecified atom stereocenters. The second-order valence-electron chi connectivity index (χ2n) is 3.81. The minimum atomic E-state index is -2.39. The smallest absolute Gasteiger partial charge is 0.230 e. The minimum absolute atomic E-state index is 0.302. The Balaban J connectivity index is 2.19. The molecule has 0 saturated carbocycles. The second kappa shape index (κ2) is 7.45. The van der Waals surface area contributed by atoms with Gasteiger partial charge in [0, 0.05) is 9.79 Å². The summed E-state index contributed by atoms with van der Waals surface area (Å²) < 4.78 is 29.0. The largest absolute Gasteiger partial charge is 0.456 e. The van der Waals surface area contributed by atoms with Gasteiger partial charge in [-0.15, -0.1) is 0 Å². The van der Waals surface area contributed by atoms with Gasteiger partial charge in [0.2, 0.25) is 4.67 Å². The van der Waals surface area contributed by atoms with Crippen molar-refractivity contribution in [1.82, 2.24) is 0 Å². The van der Waals surface area contributed by atoms with Crippen LogP contribution in [0.15, 0.2) is 71.2 Å². The van der Waals surface area contributed by atoms with Crippen molar-refractivity contribution >= 4 is 39.2 Å². The molecule has 0 N–H and O–H groups in total. The number of halogens is 2. The van der Waals surface area contributed by atoms with Gasteiger partial charge in [-0.2, -0.15) is 0 Å². The molecule has 1 nitrogen and oxygen atoms in total. The monoisotopic (exact) mass is 360 g/mol. The molecule has 0 atom stereocenters. The predicted octanol–water partition coefficient (Wildman–Crippen LogP) is 6.23. The molecule has 0 bridgehead atoms. The van der Waals surface area contributed by atoms with E-state index in [0.29, 0.717) is 0 Å². The fraction of sp³-hybridized carbons (Fsp3) is 0. The van der Waals surface area contributed by atoms with Crippen LogP contribution in [-0.4, -0.2) is 0 Å². The van der Waals surface area contributed by atoms with Crippen LogP contribution in [-0.2, 0) is 16.3 Å². The lowest BCUT2D eigenvalue weighted by Crippen LogP contribution is -1.79. The van der Waals surface area contributed by atoms with Gasteiger partial charge in [0.15, 0.2) is 0 Å². The van der Waals surface area contributed by atoms with Crippen LogP contribution in [0, 0.1) is 11.6 Å². The highest BCUT2D eigenvalue weighted by atomic mass is 33.2. The molecule has 0 radical (unpaired) electrons. The first kappa shape index (κ1) is 16.6. The van der Waals surface area contributed by atoms with Gasteiger partial charge >= 0.3 is 0 Å². The van der Waals surface area contributed by atoms with Crippen LogP contribution in [0.2, 0.25) is 0 Å². The summed E-state index contributed by atoms with van der Waals surface area (Å²) in [7, 11) is 0.